The van der Waals surface area contributed by atoms with Crippen LogP contribution in [-0.4, -0.2) is 13.3 Å². The number of aryl methyl sites for hydroxylation is 1. The third-order valence-electron chi connectivity index (χ3n) is 2.67. The topological polar surface area (TPSA) is 86.5 Å². The van der Waals surface area contributed by atoms with Crippen molar-refractivity contribution in [2.45, 2.75) is 11.8 Å². The SMILES string of the molecule is Cc1ccc(Cl)cc1S(=O)(=O)Oc1ccc([N+](=O)[O-])cc1. The first-order valence-corrected chi connectivity index (χ1v) is 7.53. The Morgan fingerprint density at radius 1 is 1.14 bits per heavy atom. The molecule has 2 aromatic rings. The zero-order valence-electron chi connectivity index (χ0n) is 10.8. The predicted octanol–water partition coefficient (Wildman–Crippen LogP) is 3.32. The second kappa shape index (κ2) is 5.71. The molecule has 0 aliphatic heterocycles. The zero-order chi connectivity index (χ0) is 15.6. The Hall–Kier alpha value is -2.12. The number of hydrogen-bond donors (Lipinski definition) is 0. The summed E-state index contributed by atoms with van der Waals surface area (Å²) in [5.74, 6) is -0.0139. The molecule has 0 aromatic heterocycles. The summed E-state index contributed by atoms with van der Waals surface area (Å²) in [5, 5.41) is 10.8. The van der Waals surface area contributed by atoms with Crippen LogP contribution in [0.3, 0.4) is 0 Å². The van der Waals surface area contributed by atoms with Crippen LogP contribution in [0.2, 0.25) is 5.02 Å². The second-order valence-corrected chi connectivity index (χ2v) is 6.15. The van der Waals surface area contributed by atoms with Gasteiger partial charge in [0, 0.05) is 17.2 Å². The van der Waals surface area contributed by atoms with Crippen LogP contribution < -0.4 is 4.18 Å². The lowest BCUT2D eigenvalue weighted by Gasteiger charge is -2.09. The predicted molar refractivity (Wildman–Crippen MR) is 77.1 cm³/mol. The Morgan fingerprint density at radius 2 is 1.76 bits per heavy atom. The fraction of sp³-hybridized carbons (Fsp3) is 0.0769. The molecule has 0 radical (unpaired) electrons. The maximum Gasteiger partial charge on any atom is 0.339 e. The molecule has 6 nitrogen and oxygen atoms in total. The number of nitrogens with zero attached hydrogens (tertiary/aromatic N) is 1. The molecular weight excluding hydrogens is 318 g/mol. The summed E-state index contributed by atoms with van der Waals surface area (Å²) in [7, 11) is -4.05. The van der Waals surface area contributed by atoms with E-state index in [0.29, 0.717) is 5.56 Å². The van der Waals surface area contributed by atoms with Crippen molar-refractivity contribution in [2.75, 3.05) is 0 Å². The summed E-state index contributed by atoms with van der Waals surface area (Å²) >= 11 is 5.79. The first kappa shape index (κ1) is 15.3. The van der Waals surface area contributed by atoms with Gasteiger partial charge in [-0.1, -0.05) is 17.7 Å². The van der Waals surface area contributed by atoms with Crippen molar-refractivity contribution >= 4 is 27.4 Å². The van der Waals surface area contributed by atoms with Crippen LogP contribution in [0, 0.1) is 17.0 Å². The lowest BCUT2D eigenvalue weighted by Crippen LogP contribution is -2.11. The van der Waals surface area contributed by atoms with E-state index < -0.39 is 15.0 Å². The molecule has 0 spiro atoms. The highest BCUT2D eigenvalue weighted by Gasteiger charge is 2.20. The molecule has 0 bridgehead atoms. The molecule has 21 heavy (non-hydrogen) atoms. The van der Waals surface area contributed by atoms with Crippen LogP contribution in [0.5, 0.6) is 5.75 Å². The molecule has 0 N–H and O–H groups in total. The molecule has 0 fully saturated rings. The number of nitro benzene ring substituents is 1. The van der Waals surface area contributed by atoms with Gasteiger partial charge in [0.25, 0.3) is 5.69 Å². The minimum absolute atomic E-state index is 0.0139. The standard InChI is InChI=1S/C13H10ClNO5S/c1-9-2-3-10(14)8-13(9)21(18,19)20-12-6-4-11(5-7-12)15(16)17/h2-8H,1H3. The van der Waals surface area contributed by atoms with Crippen LogP contribution >= 0.6 is 11.6 Å². The summed E-state index contributed by atoms with van der Waals surface area (Å²) in [5.41, 5.74) is 0.333. The van der Waals surface area contributed by atoms with Gasteiger partial charge in [-0.3, -0.25) is 10.1 Å². The van der Waals surface area contributed by atoms with Crippen LogP contribution in [0.4, 0.5) is 5.69 Å². The summed E-state index contributed by atoms with van der Waals surface area (Å²) in [6.07, 6.45) is 0. The van der Waals surface area contributed by atoms with Gasteiger partial charge in [-0.25, -0.2) is 0 Å². The molecule has 0 heterocycles. The van der Waals surface area contributed by atoms with E-state index in [0.717, 1.165) is 12.1 Å². The van der Waals surface area contributed by atoms with Crippen molar-refractivity contribution in [2.24, 2.45) is 0 Å². The minimum atomic E-state index is -4.05. The highest BCUT2D eigenvalue weighted by molar-refractivity contribution is 7.87. The highest BCUT2D eigenvalue weighted by Crippen LogP contribution is 2.25. The zero-order valence-corrected chi connectivity index (χ0v) is 12.4. The van der Waals surface area contributed by atoms with Crippen molar-refractivity contribution < 1.29 is 17.5 Å². The van der Waals surface area contributed by atoms with Crippen LogP contribution in [0.1, 0.15) is 5.56 Å². The molecule has 2 aromatic carbocycles. The number of hydrogen-bond acceptors (Lipinski definition) is 5. The Bertz CT molecular complexity index is 787. The molecule has 8 heteroatoms. The summed E-state index contributed by atoms with van der Waals surface area (Å²) < 4.78 is 29.3. The summed E-state index contributed by atoms with van der Waals surface area (Å²) in [4.78, 5) is 9.90. The fourth-order valence-electron chi connectivity index (χ4n) is 1.64. The Kier molecular flexibility index (Phi) is 4.15. The van der Waals surface area contributed by atoms with Gasteiger partial charge in [0.1, 0.15) is 10.6 Å². The number of nitro groups is 1. The maximum atomic E-state index is 12.2. The second-order valence-electron chi connectivity index (χ2n) is 4.20. The lowest BCUT2D eigenvalue weighted by molar-refractivity contribution is -0.384. The van der Waals surface area contributed by atoms with E-state index in [1.54, 1.807) is 19.1 Å². The van der Waals surface area contributed by atoms with Gasteiger partial charge < -0.3 is 4.18 Å². The van der Waals surface area contributed by atoms with Crippen molar-refractivity contribution in [1.29, 1.82) is 0 Å². The number of benzene rings is 2. The van der Waals surface area contributed by atoms with E-state index in [4.69, 9.17) is 15.8 Å². The third-order valence-corrected chi connectivity index (χ3v) is 4.30. The Morgan fingerprint density at radius 3 is 2.33 bits per heavy atom. The van der Waals surface area contributed by atoms with E-state index >= 15 is 0 Å². The molecule has 0 aliphatic rings. The van der Waals surface area contributed by atoms with Gasteiger partial charge in [0.05, 0.1) is 4.92 Å². The first-order chi connectivity index (χ1) is 9.79. The van der Waals surface area contributed by atoms with Crippen molar-refractivity contribution in [1.82, 2.24) is 0 Å². The molecule has 0 atom stereocenters. The first-order valence-electron chi connectivity index (χ1n) is 5.75. The lowest BCUT2D eigenvalue weighted by atomic mass is 10.2. The monoisotopic (exact) mass is 327 g/mol. The van der Waals surface area contributed by atoms with Crippen LogP contribution in [0.25, 0.3) is 0 Å². The third kappa shape index (κ3) is 3.50. The minimum Gasteiger partial charge on any atom is -0.379 e. The van der Waals surface area contributed by atoms with E-state index in [-0.39, 0.29) is 21.4 Å². The normalized spacial score (nSPS) is 11.1. The van der Waals surface area contributed by atoms with Gasteiger partial charge in [0.2, 0.25) is 0 Å². The van der Waals surface area contributed by atoms with Crippen LogP contribution in [0.15, 0.2) is 47.4 Å². The van der Waals surface area contributed by atoms with Gasteiger partial charge >= 0.3 is 10.1 Å². The molecule has 0 saturated heterocycles. The van der Waals surface area contributed by atoms with Gasteiger partial charge in [0.15, 0.2) is 0 Å². The Balaban J connectivity index is 2.33. The molecule has 110 valence electrons. The largest absolute Gasteiger partial charge is 0.379 e. The summed E-state index contributed by atoms with van der Waals surface area (Å²) in [6.45, 7) is 1.61. The Labute approximate surface area is 126 Å². The smallest absolute Gasteiger partial charge is 0.339 e. The number of non-ortho nitro benzene ring substituents is 1. The van der Waals surface area contributed by atoms with Crippen molar-refractivity contribution in [3.8, 4) is 5.75 Å². The van der Waals surface area contributed by atoms with Crippen molar-refractivity contribution in [3.05, 3.63) is 63.2 Å². The molecule has 0 unspecified atom stereocenters. The quantitative estimate of drug-likeness (QED) is 0.488. The highest BCUT2D eigenvalue weighted by atomic mass is 35.5. The van der Waals surface area contributed by atoms with E-state index in [2.05, 4.69) is 0 Å². The van der Waals surface area contributed by atoms with E-state index in [1.165, 1.54) is 18.2 Å². The molecular formula is C13H10ClNO5S. The number of rotatable bonds is 4. The molecule has 0 saturated carbocycles. The van der Waals surface area contributed by atoms with E-state index in [1.807, 2.05) is 0 Å². The van der Waals surface area contributed by atoms with Gasteiger partial charge in [-0.05, 0) is 36.8 Å². The van der Waals surface area contributed by atoms with Crippen molar-refractivity contribution in [3.63, 3.8) is 0 Å². The average Bonchev–Trinajstić information content (AvgIpc) is 2.41. The maximum absolute atomic E-state index is 12.2. The molecule has 2 rings (SSSR count). The molecule has 0 amide bonds. The van der Waals surface area contributed by atoms with Gasteiger partial charge in [-0.15, -0.1) is 0 Å². The van der Waals surface area contributed by atoms with Crippen LogP contribution in [-0.2, 0) is 10.1 Å². The fourth-order valence-corrected chi connectivity index (χ4v) is 3.06. The van der Waals surface area contributed by atoms with Gasteiger partial charge in [-0.2, -0.15) is 8.42 Å². The molecule has 0 aliphatic carbocycles. The van der Waals surface area contributed by atoms with E-state index in [9.17, 15) is 18.5 Å². The summed E-state index contributed by atoms with van der Waals surface area (Å²) in [6, 6.07) is 9.18. The number of halogens is 1. The average molecular weight is 328 g/mol.